The molecule has 0 spiro atoms. The number of thiocarbonyl (C=S) groups is 4. The standard InChI is InChI=1S/4C5H11NS2.3Mo.3O.4S/c4*1-3-6(4-2)5(7)8;;;;;;;;;;/h4*3-4H2,1-2H3,(H,7,8);;;;;;;;;;/q;;;;3*+4;;;;4*-2/p-4. The van der Waals surface area contributed by atoms with Gasteiger partial charge in [0.2, 0.25) is 0 Å². The van der Waals surface area contributed by atoms with Crippen LogP contribution in [0, 0.1) is 0 Å². The molecular formula is C20H40Mo3N4O3S12. The molecule has 248 valence electrons. The van der Waals surface area contributed by atoms with E-state index in [-0.39, 0.29) is 54.0 Å². The van der Waals surface area contributed by atoms with Gasteiger partial charge in [-0.3, -0.25) is 0 Å². The summed E-state index contributed by atoms with van der Waals surface area (Å²) in [7, 11) is 0. The summed E-state index contributed by atoms with van der Waals surface area (Å²) in [5.41, 5.74) is 0. The molecule has 0 rings (SSSR count). The molecule has 0 radical (unpaired) electrons. The van der Waals surface area contributed by atoms with Crippen LogP contribution in [0.1, 0.15) is 55.4 Å². The summed E-state index contributed by atoms with van der Waals surface area (Å²) in [5, 5.41) is 0. The SMILES string of the molecule is CCN(CC)C(=S)[S-].CCN(CC)C(=S)[S-].CCN(CC)C(=S)[S-].CCN(CC)C(=S)[S-].[O]=[Mo+4].[O]=[Mo+4].[O]=[Mo+4].[S-2].[S-2].[S-2].[S-2]. The predicted octanol–water partition coefficient (Wildman–Crippen LogP) is 4.27. The zero-order chi connectivity index (χ0) is 32.3. The molecule has 22 heteroatoms. The average molecular weight is 1060 g/mol. The largest absolute Gasteiger partial charge is 2.00 e. The Balaban J connectivity index is -0.0000000309. The van der Waals surface area contributed by atoms with Crippen LogP contribution in [0.5, 0.6) is 0 Å². The summed E-state index contributed by atoms with van der Waals surface area (Å²) >= 11 is 40.1. The number of hydrogen-bond donors (Lipinski definition) is 0. The summed E-state index contributed by atoms with van der Waals surface area (Å²) in [6, 6.07) is 0. The van der Waals surface area contributed by atoms with E-state index >= 15 is 0 Å². The molecular weight excluding hydrogens is 1020 g/mol. The molecule has 0 saturated carbocycles. The Morgan fingerprint density at radius 1 is 0.381 bits per heavy atom. The van der Waals surface area contributed by atoms with Crippen molar-refractivity contribution in [3.63, 3.8) is 0 Å². The average Bonchev–Trinajstić information content (AvgIpc) is 2.91. The number of hydrogen-bond acceptors (Lipinski definition) is 11. The van der Waals surface area contributed by atoms with Gasteiger partial charge in [0.15, 0.2) is 0 Å². The quantitative estimate of drug-likeness (QED) is 0.198. The monoisotopic (exact) mass is 1060 g/mol. The van der Waals surface area contributed by atoms with Crippen molar-refractivity contribution >= 4 is 171 Å². The molecule has 0 heterocycles. The zero-order valence-electron chi connectivity index (χ0n) is 24.8. The third-order valence-electron chi connectivity index (χ3n) is 4.09. The molecule has 0 aromatic heterocycles. The molecule has 0 aliphatic rings. The first-order chi connectivity index (χ1) is 17.9. The molecule has 7 nitrogen and oxygen atoms in total. The maximum atomic E-state index is 8.26. The Kier molecular flexibility index (Phi) is 120. The maximum absolute atomic E-state index is 8.26. The van der Waals surface area contributed by atoms with Crippen LogP contribution >= 0.6 is 48.9 Å². The molecule has 0 aromatic rings. The second kappa shape index (κ2) is 66.7. The van der Waals surface area contributed by atoms with E-state index in [1.54, 1.807) is 0 Å². The first-order valence-electron chi connectivity index (χ1n) is 11.2. The van der Waals surface area contributed by atoms with Gasteiger partial charge in [0.05, 0.1) is 0 Å². The van der Waals surface area contributed by atoms with E-state index in [1.165, 1.54) is 0 Å². The van der Waals surface area contributed by atoms with Crippen LogP contribution in [-0.2, 0) is 174 Å². The van der Waals surface area contributed by atoms with Gasteiger partial charge < -0.3 is 173 Å². The number of rotatable bonds is 8. The van der Waals surface area contributed by atoms with E-state index < -0.39 is 0 Å². The van der Waals surface area contributed by atoms with E-state index in [4.69, 9.17) is 110 Å². The molecule has 0 amide bonds. The van der Waals surface area contributed by atoms with Crippen LogP contribution < -0.4 is 0 Å². The van der Waals surface area contributed by atoms with E-state index in [2.05, 4.69) is 0 Å². The van der Waals surface area contributed by atoms with Crippen molar-refractivity contribution in [3.8, 4) is 0 Å². The first kappa shape index (κ1) is 75.6. The molecule has 42 heavy (non-hydrogen) atoms. The van der Waals surface area contributed by atoms with E-state index in [1.807, 2.05) is 75.0 Å². The summed E-state index contributed by atoms with van der Waals surface area (Å²) in [6.07, 6.45) is 0. The second-order valence-corrected chi connectivity index (χ2v) is 9.88. The van der Waals surface area contributed by atoms with Gasteiger partial charge in [0.25, 0.3) is 0 Å². The van der Waals surface area contributed by atoms with Gasteiger partial charge in [0, 0.05) is 52.4 Å². The summed E-state index contributed by atoms with van der Waals surface area (Å²) in [5.74, 6) is 0. The van der Waals surface area contributed by atoms with E-state index in [9.17, 15) is 0 Å². The first-order valence-corrected chi connectivity index (χ1v) is 16.9. The Morgan fingerprint density at radius 2 is 0.452 bits per heavy atom. The summed E-state index contributed by atoms with van der Waals surface area (Å²) < 4.78 is 27.1. The molecule has 0 atom stereocenters. The maximum Gasteiger partial charge on any atom is -2.00 e. The van der Waals surface area contributed by atoms with Crippen molar-refractivity contribution in [1.29, 1.82) is 0 Å². The summed E-state index contributed by atoms with van der Waals surface area (Å²) in [6.45, 7) is 23.8. The molecule has 0 saturated heterocycles. The van der Waals surface area contributed by atoms with E-state index in [0.717, 1.165) is 52.4 Å². The van der Waals surface area contributed by atoms with E-state index in [0.29, 0.717) is 76.6 Å². The van der Waals surface area contributed by atoms with Gasteiger partial charge in [-0.05, 0) is 55.4 Å². The third kappa shape index (κ3) is 62.2. The van der Waals surface area contributed by atoms with Crippen LogP contribution in [0.25, 0.3) is 0 Å². The van der Waals surface area contributed by atoms with Crippen LogP contribution in [0.15, 0.2) is 0 Å². The second-order valence-electron chi connectivity index (χ2n) is 5.75. The molecule has 0 N–H and O–H groups in total. The zero-order valence-corrected chi connectivity index (χ0v) is 40.6. The Hall–Kier alpha value is 3.30. The van der Waals surface area contributed by atoms with Gasteiger partial charge in [-0.1, -0.05) is 17.3 Å². The van der Waals surface area contributed by atoms with Gasteiger partial charge in [-0.2, -0.15) is 0 Å². The molecule has 0 aliphatic carbocycles. The van der Waals surface area contributed by atoms with Gasteiger partial charge in [-0.25, -0.2) is 0 Å². The van der Waals surface area contributed by atoms with Crippen LogP contribution in [0.4, 0.5) is 0 Å². The topological polar surface area (TPSA) is 64.2 Å². The molecule has 0 unspecified atom stereocenters. The van der Waals surface area contributed by atoms with Gasteiger partial charge in [-0.15, -0.1) is 0 Å². The molecule has 0 bridgehead atoms. The molecule has 0 fully saturated rings. The molecule has 0 aromatic carbocycles. The van der Waals surface area contributed by atoms with Crippen molar-refractivity contribution in [2.24, 2.45) is 0 Å². The smallest absolute Gasteiger partial charge is 2.00 e. The normalized spacial score (nSPS) is 7.10. The minimum atomic E-state index is 0. The third-order valence-corrected chi connectivity index (χ3v) is 6.15. The summed E-state index contributed by atoms with van der Waals surface area (Å²) in [4.78, 5) is 7.85. The van der Waals surface area contributed by atoms with Crippen LogP contribution in [-0.4, -0.2) is 89.2 Å². The number of nitrogens with zero attached hydrogens (tertiary/aromatic N) is 4. The van der Waals surface area contributed by atoms with Gasteiger partial charge in [0.1, 0.15) is 0 Å². The predicted molar refractivity (Wildman–Crippen MR) is 203 cm³/mol. The van der Waals surface area contributed by atoms with Crippen molar-refractivity contribution in [3.05, 3.63) is 0 Å². The fraction of sp³-hybridized carbons (Fsp3) is 0.800. The van der Waals surface area contributed by atoms with Crippen molar-refractivity contribution in [1.82, 2.24) is 19.6 Å². The van der Waals surface area contributed by atoms with Crippen LogP contribution in [0.2, 0.25) is 0 Å². The van der Waals surface area contributed by atoms with Crippen molar-refractivity contribution < 1.29 is 69.5 Å². The van der Waals surface area contributed by atoms with Crippen molar-refractivity contribution in [2.75, 3.05) is 52.4 Å². The Morgan fingerprint density at radius 3 is 0.452 bits per heavy atom. The Bertz CT molecular complexity index is 477. The van der Waals surface area contributed by atoms with Crippen LogP contribution in [0.3, 0.4) is 0 Å². The van der Waals surface area contributed by atoms with Crippen molar-refractivity contribution in [2.45, 2.75) is 55.4 Å². The minimum Gasteiger partial charge on any atom is -2.00 e. The fourth-order valence-electron chi connectivity index (χ4n) is 1.93. The Labute approximate surface area is 362 Å². The molecule has 0 aliphatic heterocycles. The van der Waals surface area contributed by atoms with Gasteiger partial charge >= 0.3 is 69.5 Å². The fourth-order valence-corrected chi connectivity index (χ4v) is 3.99. The minimum absolute atomic E-state index is 0.